The lowest BCUT2D eigenvalue weighted by molar-refractivity contribution is -0.123. The van der Waals surface area contributed by atoms with Crippen molar-refractivity contribution in [1.82, 2.24) is 4.90 Å². The van der Waals surface area contributed by atoms with Crippen LogP contribution in [0.5, 0.6) is 0 Å². The van der Waals surface area contributed by atoms with E-state index in [0.29, 0.717) is 5.69 Å². The standard InChI is InChI=1S/C20H19BrClN3O2/c21-14-2-1-3-17(12-14)25-19(26)13-18(20(25)27)24-10-8-23(9-11-24)16-6-4-15(22)5-7-16/h1-7,12,18H,8-11,13H2/t18-/m0/s1. The average Bonchev–Trinajstić information content (AvgIpc) is 2.97. The van der Waals surface area contributed by atoms with Gasteiger partial charge < -0.3 is 4.90 Å². The van der Waals surface area contributed by atoms with Crippen LogP contribution in [0.25, 0.3) is 0 Å². The minimum Gasteiger partial charge on any atom is -0.369 e. The minimum atomic E-state index is -0.371. The van der Waals surface area contributed by atoms with Gasteiger partial charge in [-0.1, -0.05) is 33.6 Å². The number of rotatable bonds is 3. The second kappa shape index (κ2) is 7.62. The fourth-order valence-electron chi connectivity index (χ4n) is 3.73. The van der Waals surface area contributed by atoms with Crippen molar-refractivity contribution in [2.75, 3.05) is 36.0 Å². The van der Waals surface area contributed by atoms with Gasteiger partial charge in [-0.3, -0.25) is 14.5 Å². The molecule has 0 spiro atoms. The van der Waals surface area contributed by atoms with E-state index in [4.69, 9.17) is 11.6 Å². The van der Waals surface area contributed by atoms with Gasteiger partial charge in [-0.15, -0.1) is 0 Å². The van der Waals surface area contributed by atoms with Crippen molar-refractivity contribution in [1.29, 1.82) is 0 Å². The molecule has 2 aliphatic rings. The van der Waals surface area contributed by atoms with E-state index >= 15 is 0 Å². The first kappa shape index (κ1) is 18.5. The number of benzene rings is 2. The summed E-state index contributed by atoms with van der Waals surface area (Å²) in [6, 6.07) is 14.7. The zero-order valence-corrected chi connectivity index (χ0v) is 17.0. The molecule has 27 heavy (non-hydrogen) atoms. The Labute approximate surface area is 171 Å². The van der Waals surface area contributed by atoms with Crippen LogP contribution >= 0.6 is 27.5 Å². The molecule has 2 heterocycles. The predicted octanol–water partition coefficient (Wildman–Crippen LogP) is 3.56. The first-order valence-corrected chi connectivity index (χ1v) is 10.1. The molecule has 140 valence electrons. The fraction of sp³-hybridized carbons (Fsp3) is 0.300. The number of imide groups is 1. The fourth-order valence-corrected chi connectivity index (χ4v) is 4.24. The molecule has 0 unspecified atom stereocenters. The number of carbonyl (C=O) groups is 2. The molecule has 4 rings (SSSR count). The summed E-state index contributed by atoms with van der Waals surface area (Å²) in [5.41, 5.74) is 1.75. The van der Waals surface area contributed by atoms with Crippen molar-refractivity contribution in [2.45, 2.75) is 12.5 Å². The molecule has 0 radical (unpaired) electrons. The van der Waals surface area contributed by atoms with Gasteiger partial charge in [0, 0.05) is 41.4 Å². The summed E-state index contributed by atoms with van der Waals surface area (Å²) in [6.07, 6.45) is 0.242. The van der Waals surface area contributed by atoms with Crippen LogP contribution in [0.15, 0.2) is 53.0 Å². The highest BCUT2D eigenvalue weighted by molar-refractivity contribution is 9.10. The number of nitrogens with zero attached hydrogens (tertiary/aromatic N) is 3. The van der Waals surface area contributed by atoms with Crippen LogP contribution in [0, 0.1) is 0 Å². The van der Waals surface area contributed by atoms with Gasteiger partial charge >= 0.3 is 0 Å². The van der Waals surface area contributed by atoms with Gasteiger partial charge in [-0.05, 0) is 42.5 Å². The largest absolute Gasteiger partial charge is 0.369 e. The third kappa shape index (κ3) is 3.74. The van der Waals surface area contributed by atoms with Gasteiger partial charge in [0.05, 0.1) is 18.2 Å². The van der Waals surface area contributed by atoms with Crippen LogP contribution in [0.2, 0.25) is 5.02 Å². The van der Waals surface area contributed by atoms with Crippen molar-refractivity contribution in [3.63, 3.8) is 0 Å². The highest BCUT2D eigenvalue weighted by atomic mass is 79.9. The number of hydrogen-bond acceptors (Lipinski definition) is 4. The van der Waals surface area contributed by atoms with E-state index in [-0.39, 0.29) is 24.3 Å². The van der Waals surface area contributed by atoms with Crippen molar-refractivity contribution in [3.8, 4) is 0 Å². The second-order valence-corrected chi connectivity index (χ2v) is 8.12. The smallest absolute Gasteiger partial charge is 0.251 e. The van der Waals surface area contributed by atoms with Crippen LogP contribution in [0.4, 0.5) is 11.4 Å². The molecule has 0 aliphatic carbocycles. The Kier molecular flexibility index (Phi) is 5.21. The van der Waals surface area contributed by atoms with Crippen molar-refractivity contribution in [2.24, 2.45) is 0 Å². The van der Waals surface area contributed by atoms with Crippen LogP contribution in [-0.2, 0) is 9.59 Å². The quantitative estimate of drug-likeness (QED) is 0.674. The lowest BCUT2D eigenvalue weighted by Gasteiger charge is -2.38. The molecule has 1 atom stereocenters. The van der Waals surface area contributed by atoms with Crippen LogP contribution in [0.3, 0.4) is 0 Å². The Hall–Kier alpha value is -1.89. The van der Waals surface area contributed by atoms with Crippen molar-refractivity contribution in [3.05, 3.63) is 58.0 Å². The monoisotopic (exact) mass is 447 g/mol. The van der Waals surface area contributed by atoms with Crippen LogP contribution in [0.1, 0.15) is 6.42 Å². The molecule has 2 fully saturated rings. The summed E-state index contributed by atoms with van der Waals surface area (Å²) in [5.74, 6) is -0.263. The topological polar surface area (TPSA) is 43.9 Å². The Morgan fingerprint density at radius 3 is 2.30 bits per heavy atom. The summed E-state index contributed by atoms with van der Waals surface area (Å²) >= 11 is 9.36. The van der Waals surface area contributed by atoms with Gasteiger partial charge in [0.15, 0.2) is 0 Å². The summed E-state index contributed by atoms with van der Waals surface area (Å²) in [5, 5.41) is 0.722. The Bertz CT molecular complexity index is 866. The zero-order valence-electron chi connectivity index (χ0n) is 14.6. The molecule has 7 heteroatoms. The lowest BCUT2D eigenvalue weighted by atomic mass is 10.1. The molecule has 0 bridgehead atoms. The maximum absolute atomic E-state index is 12.9. The normalized spacial score (nSPS) is 21.2. The zero-order chi connectivity index (χ0) is 19.0. The van der Waals surface area contributed by atoms with E-state index in [1.807, 2.05) is 36.4 Å². The SMILES string of the molecule is O=C1C[C@H](N2CCN(c3ccc(Cl)cc3)CC2)C(=O)N1c1cccc(Br)c1. The van der Waals surface area contributed by atoms with Gasteiger partial charge in [-0.25, -0.2) is 4.90 Å². The Morgan fingerprint density at radius 1 is 0.926 bits per heavy atom. The first-order chi connectivity index (χ1) is 13.0. The third-order valence-corrected chi connectivity index (χ3v) is 5.88. The van der Waals surface area contributed by atoms with Gasteiger partial charge in [0.25, 0.3) is 5.91 Å². The highest BCUT2D eigenvalue weighted by Crippen LogP contribution is 2.29. The summed E-state index contributed by atoms with van der Waals surface area (Å²) in [4.78, 5) is 31.2. The maximum Gasteiger partial charge on any atom is 0.251 e. The molecule has 2 aromatic carbocycles. The third-order valence-electron chi connectivity index (χ3n) is 5.14. The second-order valence-electron chi connectivity index (χ2n) is 6.77. The number of halogens is 2. The van der Waals surface area contributed by atoms with Crippen molar-refractivity contribution >= 4 is 50.7 Å². The summed E-state index contributed by atoms with van der Waals surface area (Å²) in [6.45, 7) is 3.13. The van der Waals surface area contributed by atoms with Crippen LogP contribution in [-0.4, -0.2) is 48.9 Å². The molecular weight excluding hydrogens is 430 g/mol. The molecular formula is C20H19BrClN3O2. The van der Waals surface area contributed by atoms with E-state index in [1.165, 1.54) is 4.90 Å². The summed E-state index contributed by atoms with van der Waals surface area (Å²) < 4.78 is 0.848. The average molecular weight is 449 g/mol. The van der Waals surface area contributed by atoms with Crippen LogP contribution < -0.4 is 9.80 Å². The van der Waals surface area contributed by atoms with E-state index in [9.17, 15) is 9.59 Å². The number of hydrogen-bond donors (Lipinski definition) is 0. The maximum atomic E-state index is 12.9. The van der Waals surface area contributed by atoms with Gasteiger partial charge in [-0.2, -0.15) is 0 Å². The molecule has 2 saturated heterocycles. The number of carbonyl (C=O) groups excluding carboxylic acids is 2. The first-order valence-electron chi connectivity index (χ1n) is 8.90. The molecule has 0 aromatic heterocycles. The van der Waals surface area contributed by atoms with Gasteiger partial charge in [0.2, 0.25) is 5.91 Å². The summed E-state index contributed by atoms with van der Waals surface area (Å²) in [7, 11) is 0. The molecule has 0 saturated carbocycles. The number of piperazine rings is 1. The molecule has 2 amide bonds. The van der Waals surface area contributed by atoms with E-state index in [0.717, 1.165) is 41.4 Å². The molecule has 2 aliphatic heterocycles. The highest BCUT2D eigenvalue weighted by Gasteiger charge is 2.43. The Morgan fingerprint density at radius 2 is 1.63 bits per heavy atom. The number of anilines is 2. The Balaban J connectivity index is 1.44. The number of amides is 2. The molecule has 5 nitrogen and oxygen atoms in total. The molecule has 0 N–H and O–H groups in total. The van der Waals surface area contributed by atoms with Crippen molar-refractivity contribution < 1.29 is 9.59 Å². The molecule has 2 aromatic rings. The van der Waals surface area contributed by atoms with Gasteiger partial charge in [0.1, 0.15) is 0 Å². The van der Waals surface area contributed by atoms with E-state index < -0.39 is 0 Å². The van der Waals surface area contributed by atoms with E-state index in [1.54, 1.807) is 12.1 Å². The lowest BCUT2D eigenvalue weighted by Crippen LogP contribution is -2.52. The minimum absolute atomic E-state index is 0.127. The predicted molar refractivity (Wildman–Crippen MR) is 110 cm³/mol. The van der Waals surface area contributed by atoms with E-state index in [2.05, 4.69) is 25.7 Å².